The number of hydrogen-bond donors (Lipinski definition) is 0. The predicted octanol–water partition coefficient (Wildman–Crippen LogP) is 2.81. The second-order valence-electron chi connectivity index (χ2n) is 5.19. The lowest BCUT2D eigenvalue weighted by atomic mass is 10.2. The molecule has 0 saturated heterocycles. The molecule has 1 rings (SSSR count). The summed E-state index contributed by atoms with van der Waals surface area (Å²) < 4.78 is 15.8. The number of esters is 2. The summed E-state index contributed by atoms with van der Waals surface area (Å²) in [6.45, 7) is 10.5. The Morgan fingerprint density at radius 2 is 1.61 bits per heavy atom. The van der Waals surface area contributed by atoms with Crippen molar-refractivity contribution in [1.29, 1.82) is 0 Å². The van der Waals surface area contributed by atoms with Gasteiger partial charge in [0.05, 0.1) is 13.2 Å². The summed E-state index contributed by atoms with van der Waals surface area (Å²) in [5.41, 5.74) is 1.54. The number of carbonyl (C=O) groups excluding carboxylic acids is 2. The van der Waals surface area contributed by atoms with Gasteiger partial charge in [0.1, 0.15) is 6.61 Å². The highest BCUT2D eigenvalue weighted by Crippen LogP contribution is 2.06. The van der Waals surface area contributed by atoms with Gasteiger partial charge in [-0.25, -0.2) is 9.59 Å². The van der Waals surface area contributed by atoms with Crippen molar-refractivity contribution in [2.24, 2.45) is 0 Å². The third-order valence-corrected chi connectivity index (χ3v) is 2.79. The molecular formula is C18H22O5. The Bertz CT molecular complexity index is 562. The molecule has 1 aromatic carbocycles. The molecule has 0 amide bonds. The van der Waals surface area contributed by atoms with Gasteiger partial charge < -0.3 is 14.2 Å². The van der Waals surface area contributed by atoms with Gasteiger partial charge >= 0.3 is 11.9 Å². The van der Waals surface area contributed by atoms with Crippen molar-refractivity contribution in [2.45, 2.75) is 26.6 Å². The van der Waals surface area contributed by atoms with Gasteiger partial charge in [-0.2, -0.15) is 0 Å². The minimum atomic E-state index is -0.703. The zero-order chi connectivity index (χ0) is 17.2. The molecule has 23 heavy (non-hydrogen) atoms. The summed E-state index contributed by atoms with van der Waals surface area (Å²) in [6, 6.07) is 9.59. The number of carbonyl (C=O) groups is 2. The van der Waals surface area contributed by atoms with Gasteiger partial charge in [-0.1, -0.05) is 43.5 Å². The van der Waals surface area contributed by atoms with Crippen LogP contribution in [-0.4, -0.2) is 31.3 Å². The fourth-order valence-electron chi connectivity index (χ4n) is 1.54. The maximum Gasteiger partial charge on any atom is 0.333 e. The first-order chi connectivity index (χ1) is 10.9. The van der Waals surface area contributed by atoms with Gasteiger partial charge in [0.25, 0.3) is 0 Å². The molecule has 0 spiro atoms. The largest absolute Gasteiger partial charge is 0.458 e. The standard InChI is InChI=1S/C18H22O5/c1-13(2)17(19)22-12-16(23-18(20)14(3)4)11-21-10-15-8-6-5-7-9-15/h5-9,16H,1,3,10-12H2,2,4H3. The highest BCUT2D eigenvalue weighted by Gasteiger charge is 2.18. The normalized spacial score (nSPS) is 11.4. The van der Waals surface area contributed by atoms with E-state index in [9.17, 15) is 9.59 Å². The summed E-state index contributed by atoms with van der Waals surface area (Å²) in [4.78, 5) is 23.1. The molecule has 0 heterocycles. The quantitative estimate of drug-likeness (QED) is 0.517. The smallest absolute Gasteiger partial charge is 0.333 e. The minimum Gasteiger partial charge on any atom is -0.458 e. The molecule has 5 heteroatoms. The number of rotatable bonds is 9. The Balaban J connectivity index is 2.52. The van der Waals surface area contributed by atoms with E-state index in [0.29, 0.717) is 6.61 Å². The van der Waals surface area contributed by atoms with Crippen LogP contribution >= 0.6 is 0 Å². The summed E-state index contributed by atoms with van der Waals surface area (Å²) in [7, 11) is 0. The lowest BCUT2D eigenvalue weighted by molar-refractivity contribution is -0.157. The third kappa shape index (κ3) is 7.42. The molecule has 0 aromatic heterocycles. The molecule has 0 fully saturated rings. The first-order valence-corrected chi connectivity index (χ1v) is 7.21. The van der Waals surface area contributed by atoms with Crippen LogP contribution in [0.15, 0.2) is 54.6 Å². The van der Waals surface area contributed by atoms with Crippen LogP contribution in [0.2, 0.25) is 0 Å². The Kier molecular flexibility index (Phi) is 7.77. The van der Waals surface area contributed by atoms with Crippen LogP contribution in [0.1, 0.15) is 19.4 Å². The molecule has 0 radical (unpaired) electrons. The van der Waals surface area contributed by atoms with Crippen LogP contribution in [0, 0.1) is 0 Å². The van der Waals surface area contributed by atoms with E-state index in [1.807, 2.05) is 30.3 Å². The minimum absolute atomic E-state index is 0.0977. The molecule has 0 N–H and O–H groups in total. The van der Waals surface area contributed by atoms with E-state index < -0.39 is 18.0 Å². The van der Waals surface area contributed by atoms with E-state index in [1.165, 1.54) is 0 Å². The lowest BCUT2D eigenvalue weighted by Gasteiger charge is -2.18. The molecule has 1 atom stereocenters. The molecule has 5 nitrogen and oxygen atoms in total. The highest BCUT2D eigenvalue weighted by atomic mass is 16.6. The average Bonchev–Trinajstić information content (AvgIpc) is 2.52. The van der Waals surface area contributed by atoms with E-state index in [2.05, 4.69) is 13.2 Å². The van der Waals surface area contributed by atoms with Gasteiger partial charge in [0, 0.05) is 11.1 Å². The van der Waals surface area contributed by atoms with E-state index >= 15 is 0 Å². The van der Waals surface area contributed by atoms with Gasteiger partial charge in [-0.05, 0) is 19.4 Å². The molecule has 0 saturated carbocycles. The first kappa shape index (κ1) is 18.6. The Labute approximate surface area is 136 Å². The van der Waals surface area contributed by atoms with Crippen LogP contribution < -0.4 is 0 Å². The molecule has 1 aromatic rings. The number of ether oxygens (including phenoxy) is 3. The van der Waals surface area contributed by atoms with Crippen molar-refractivity contribution in [3.05, 3.63) is 60.2 Å². The lowest BCUT2D eigenvalue weighted by Crippen LogP contribution is -2.30. The second-order valence-corrected chi connectivity index (χ2v) is 5.19. The monoisotopic (exact) mass is 318 g/mol. The maximum atomic E-state index is 11.6. The van der Waals surface area contributed by atoms with E-state index in [-0.39, 0.29) is 24.4 Å². The summed E-state index contributed by atoms with van der Waals surface area (Å²) >= 11 is 0. The SMILES string of the molecule is C=C(C)C(=O)OCC(COCc1ccccc1)OC(=O)C(=C)C. The molecule has 1 unspecified atom stereocenters. The van der Waals surface area contributed by atoms with Crippen molar-refractivity contribution in [1.82, 2.24) is 0 Å². The number of benzene rings is 1. The Morgan fingerprint density at radius 1 is 1.00 bits per heavy atom. The van der Waals surface area contributed by atoms with Crippen molar-refractivity contribution in [3.8, 4) is 0 Å². The molecule has 0 aliphatic carbocycles. The van der Waals surface area contributed by atoms with Gasteiger partial charge in [-0.3, -0.25) is 0 Å². The summed E-state index contributed by atoms with van der Waals surface area (Å²) in [5, 5.41) is 0. The zero-order valence-corrected chi connectivity index (χ0v) is 13.5. The van der Waals surface area contributed by atoms with Crippen LogP contribution in [0.25, 0.3) is 0 Å². The average molecular weight is 318 g/mol. The fraction of sp³-hybridized carbons (Fsp3) is 0.333. The van der Waals surface area contributed by atoms with Crippen LogP contribution in [0.5, 0.6) is 0 Å². The van der Waals surface area contributed by atoms with E-state index in [0.717, 1.165) is 5.56 Å². The van der Waals surface area contributed by atoms with Gasteiger partial charge in [0.2, 0.25) is 0 Å². The van der Waals surface area contributed by atoms with Gasteiger partial charge in [0.15, 0.2) is 6.10 Å². The highest BCUT2D eigenvalue weighted by molar-refractivity contribution is 5.87. The van der Waals surface area contributed by atoms with Crippen molar-refractivity contribution >= 4 is 11.9 Å². The van der Waals surface area contributed by atoms with Crippen molar-refractivity contribution in [3.63, 3.8) is 0 Å². The molecule has 0 bridgehead atoms. The summed E-state index contributed by atoms with van der Waals surface area (Å²) in [6.07, 6.45) is -0.703. The Morgan fingerprint density at radius 3 is 2.17 bits per heavy atom. The van der Waals surface area contributed by atoms with Crippen LogP contribution in [0.4, 0.5) is 0 Å². The van der Waals surface area contributed by atoms with Crippen LogP contribution in [-0.2, 0) is 30.4 Å². The molecule has 0 aliphatic rings. The van der Waals surface area contributed by atoms with Crippen LogP contribution in [0.3, 0.4) is 0 Å². The van der Waals surface area contributed by atoms with Crippen molar-refractivity contribution < 1.29 is 23.8 Å². The summed E-state index contributed by atoms with van der Waals surface area (Å²) in [5.74, 6) is -1.09. The second kappa shape index (κ2) is 9.58. The maximum absolute atomic E-state index is 11.6. The molecule has 0 aliphatic heterocycles. The predicted molar refractivity (Wildman–Crippen MR) is 86.6 cm³/mol. The topological polar surface area (TPSA) is 61.8 Å². The molecular weight excluding hydrogens is 296 g/mol. The molecule has 124 valence electrons. The van der Waals surface area contributed by atoms with E-state index in [4.69, 9.17) is 14.2 Å². The van der Waals surface area contributed by atoms with Crippen molar-refractivity contribution in [2.75, 3.05) is 13.2 Å². The fourth-order valence-corrected chi connectivity index (χ4v) is 1.54. The van der Waals surface area contributed by atoms with E-state index in [1.54, 1.807) is 13.8 Å². The Hall–Kier alpha value is -2.40. The third-order valence-electron chi connectivity index (χ3n) is 2.79. The zero-order valence-electron chi connectivity index (χ0n) is 13.5. The number of hydrogen-bond acceptors (Lipinski definition) is 5. The van der Waals surface area contributed by atoms with Gasteiger partial charge in [-0.15, -0.1) is 0 Å². The first-order valence-electron chi connectivity index (χ1n) is 7.21.